The Morgan fingerprint density at radius 1 is 1.43 bits per heavy atom. The van der Waals surface area contributed by atoms with E-state index in [4.69, 9.17) is 28.9 Å². The molecule has 2 nitrogen and oxygen atoms in total. The fourth-order valence-electron chi connectivity index (χ4n) is 1.10. The van der Waals surface area contributed by atoms with Crippen LogP contribution in [0, 0.1) is 0 Å². The van der Waals surface area contributed by atoms with Gasteiger partial charge in [0.05, 0.1) is 0 Å². The number of hydrogen-bond donors (Lipinski definition) is 1. The zero-order valence-corrected chi connectivity index (χ0v) is 9.06. The molecule has 1 aromatic rings. The van der Waals surface area contributed by atoms with Crippen LogP contribution in [0.2, 0.25) is 10.0 Å². The van der Waals surface area contributed by atoms with Gasteiger partial charge in [0.25, 0.3) is 0 Å². The van der Waals surface area contributed by atoms with Crippen molar-refractivity contribution in [1.82, 2.24) is 0 Å². The zero-order valence-electron chi connectivity index (χ0n) is 7.55. The summed E-state index contributed by atoms with van der Waals surface area (Å²) in [7, 11) is 0. The summed E-state index contributed by atoms with van der Waals surface area (Å²) in [5, 5.41) is 1.07. The maximum absolute atomic E-state index is 10.6. The summed E-state index contributed by atoms with van der Waals surface area (Å²) >= 11 is 11.7. The first-order chi connectivity index (χ1) is 6.50. The van der Waals surface area contributed by atoms with E-state index in [-0.39, 0.29) is 0 Å². The summed E-state index contributed by atoms with van der Waals surface area (Å²) in [6, 6.07) is 5.08. The third kappa shape index (κ3) is 2.76. The highest BCUT2D eigenvalue weighted by molar-refractivity contribution is 6.35. The number of rotatable bonds is 2. The van der Waals surface area contributed by atoms with Crippen molar-refractivity contribution in [1.29, 1.82) is 0 Å². The second kappa shape index (κ2) is 4.49. The van der Waals surface area contributed by atoms with Crippen LogP contribution in [-0.4, -0.2) is 5.91 Å². The van der Waals surface area contributed by atoms with Crippen molar-refractivity contribution in [2.45, 2.75) is 6.92 Å². The maximum Gasteiger partial charge on any atom is 0.241 e. The number of primary amides is 1. The largest absolute Gasteiger partial charge is 0.366 e. The summed E-state index contributed by atoms with van der Waals surface area (Å²) in [6.07, 6.45) is 1.33. The van der Waals surface area contributed by atoms with Gasteiger partial charge in [0.15, 0.2) is 0 Å². The van der Waals surface area contributed by atoms with E-state index in [1.807, 2.05) is 0 Å². The van der Waals surface area contributed by atoms with Crippen LogP contribution >= 0.6 is 23.2 Å². The van der Waals surface area contributed by atoms with E-state index in [1.165, 1.54) is 6.08 Å². The van der Waals surface area contributed by atoms with Gasteiger partial charge in [-0.15, -0.1) is 0 Å². The molecule has 0 saturated heterocycles. The molecule has 1 amide bonds. The number of carbonyl (C=O) groups is 1. The predicted octanol–water partition coefficient (Wildman–Crippen LogP) is 2.88. The lowest BCUT2D eigenvalue weighted by molar-refractivity contribution is -0.113. The lowest BCUT2D eigenvalue weighted by atomic mass is 10.1. The maximum atomic E-state index is 10.6. The predicted molar refractivity (Wildman–Crippen MR) is 59.3 cm³/mol. The molecule has 0 saturated carbocycles. The molecule has 0 aliphatic rings. The Labute approximate surface area is 92.3 Å². The van der Waals surface area contributed by atoms with Gasteiger partial charge in [0.1, 0.15) is 0 Å². The standard InChI is InChI=1S/C10H9Cl2NO/c1-6(4-10(13)14)8-3-2-7(11)5-9(8)12/h2-5H,1H3,(H2,13,14)/b6-4+. The van der Waals surface area contributed by atoms with E-state index in [0.717, 1.165) is 11.1 Å². The molecule has 0 atom stereocenters. The molecular weight excluding hydrogens is 221 g/mol. The monoisotopic (exact) mass is 229 g/mol. The Morgan fingerprint density at radius 2 is 2.07 bits per heavy atom. The van der Waals surface area contributed by atoms with Gasteiger partial charge >= 0.3 is 0 Å². The average molecular weight is 230 g/mol. The average Bonchev–Trinajstić information content (AvgIpc) is 2.01. The number of allylic oxidation sites excluding steroid dienone is 1. The van der Waals surface area contributed by atoms with Crippen LogP contribution in [0.5, 0.6) is 0 Å². The number of amides is 1. The van der Waals surface area contributed by atoms with Crippen molar-refractivity contribution in [3.05, 3.63) is 39.9 Å². The number of nitrogens with two attached hydrogens (primary N) is 1. The van der Waals surface area contributed by atoms with Crippen molar-refractivity contribution in [3.8, 4) is 0 Å². The van der Waals surface area contributed by atoms with Gasteiger partial charge in [-0.1, -0.05) is 29.3 Å². The Morgan fingerprint density at radius 3 is 2.57 bits per heavy atom. The number of benzene rings is 1. The normalized spacial score (nSPS) is 11.5. The summed E-state index contributed by atoms with van der Waals surface area (Å²) in [5.41, 5.74) is 6.51. The van der Waals surface area contributed by atoms with Gasteiger partial charge in [-0.05, 0) is 30.2 Å². The van der Waals surface area contributed by atoms with Crippen molar-refractivity contribution in [2.75, 3.05) is 0 Å². The molecule has 14 heavy (non-hydrogen) atoms. The molecule has 0 spiro atoms. The molecule has 0 aromatic heterocycles. The molecule has 0 radical (unpaired) electrons. The molecule has 1 aromatic carbocycles. The molecular formula is C10H9Cl2NO. The summed E-state index contributed by atoms with van der Waals surface area (Å²) in [5.74, 6) is -0.492. The molecule has 0 aliphatic carbocycles. The van der Waals surface area contributed by atoms with Crippen molar-refractivity contribution in [3.63, 3.8) is 0 Å². The molecule has 74 valence electrons. The van der Waals surface area contributed by atoms with Gasteiger partial charge in [0, 0.05) is 16.1 Å². The Balaban J connectivity index is 3.14. The first kappa shape index (κ1) is 11.1. The molecule has 0 fully saturated rings. The van der Waals surface area contributed by atoms with E-state index in [1.54, 1.807) is 25.1 Å². The van der Waals surface area contributed by atoms with Crippen molar-refractivity contribution >= 4 is 34.7 Å². The van der Waals surface area contributed by atoms with E-state index < -0.39 is 5.91 Å². The van der Waals surface area contributed by atoms with E-state index in [0.29, 0.717) is 10.0 Å². The molecule has 4 heteroatoms. The summed E-state index contributed by atoms with van der Waals surface area (Å²) < 4.78 is 0. The minimum Gasteiger partial charge on any atom is -0.366 e. The first-order valence-electron chi connectivity index (χ1n) is 3.94. The van der Waals surface area contributed by atoms with Crippen LogP contribution in [0.25, 0.3) is 5.57 Å². The molecule has 0 aliphatic heterocycles. The van der Waals surface area contributed by atoms with E-state index in [2.05, 4.69) is 0 Å². The number of hydrogen-bond acceptors (Lipinski definition) is 1. The van der Waals surface area contributed by atoms with Crippen LogP contribution in [0.4, 0.5) is 0 Å². The SMILES string of the molecule is C/C(=C\C(N)=O)c1ccc(Cl)cc1Cl. The molecule has 0 heterocycles. The third-order valence-corrected chi connectivity index (χ3v) is 2.26. The first-order valence-corrected chi connectivity index (χ1v) is 4.69. The highest BCUT2D eigenvalue weighted by Crippen LogP contribution is 2.26. The van der Waals surface area contributed by atoms with Gasteiger partial charge in [-0.25, -0.2) is 0 Å². The van der Waals surface area contributed by atoms with Gasteiger partial charge in [0.2, 0.25) is 5.91 Å². The number of carbonyl (C=O) groups excluding carboxylic acids is 1. The second-order valence-electron chi connectivity index (χ2n) is 2.85. The smallest absolute Gasteiger partial charge is 0.241 e. The van der Waals surface area contributed by atoms with Gasteiger partial charge in [-0.2, -0.15) is 0 Å². The molecule has 1 rings (SSSR count). The third-order valence-electron chi connectivity index (χ3n) is 1.71. The quantitative estimate of drug-likeness (QED) is 0.780. The number of halogens is 2. The Kier molecular flexibility index (Phi) is 3.55. The zero-order chi connectivity index (χ0) is 10.7. The lowest BCUT2D eigenvalue weighted by Gasteiger charge is -2.03. The Hall–Kier alpha value is -0.990. The summed E-state index contributed by atoms with van der Waals surface area (Å²) in [6.45, 7) is 1.76. The molecule has 0 unspecified atom stereocenters. The molecule has 2 N–H and O–H groups in total. The topological polar surface area (TPSA) is 43.1 Å². The second-order valence-corrected chi connectivity index (χ2v) is 3.70. The van der Waals surface area contributed by atoms with E-state index in [9.17, 15) is 4.79 Å². The van der Waals surface area contributed by atoms with Crippen LogP contribution < -0.4 is 5.73 Å². The summed E-state index contributed by atoms with van der Waals surface area (Å²) in [4.78, 5) is 10.6. The molecule has 0 bridgehead atoms. The minimum absolute atomic E-state index is 0.492. The highest BCUT2D eigenvalue weighted by atomic mass is 35.5. The Bertz CT molecular complexity index is 399. The lowest BCUT2D eigenvalue weighted by Crippen LogP contribution is -2.06. The highest BCUT2D eigenvalue weighted by Gasteiger charge is 2.03. The fraction of sp³-hybridized carbons (Fsp3) is 0.100. The van der Waals surface area contributed by atoms with Gasteiger partial charge in [-0.3, -0.25) is 4.79 Å². The van der Waals surface area contributed by atoms with Crippen molar-refractivity contribution in [2.24, 2.45) is 5.73 Å². The van der Waals surface area contributed by atoms with Crippen LogP contribution in [0.15, 0.2) is 24.3 Å². The fourth-order valence-corrected chi connectivity index (χ4v) is 1.66. The van der Waals surface area contributed by atoms with Crippen molar-refractivity contribution < 1.29 is 4.79 Å². The minimum atomic E-state index is -0.492. The van der Waals surface area contributed by atoms with Crippen LogP contribution in [-0.2, 0) is 4.79 Å². The van der Waals surface area contributed by atoms with Gasteiger partial charge < -0.3 is 5.73 Å². The van der Waals surface area contributed by atoms with E-state index >= 15 is 0 Å². The van der Waals surface area contributed by atoms with Crippen LogP contribution in [0.3, 0.4) is 0 Å². The van der Waals surface area contributed by atoms with Crippen LogP contribution in [0.1, 0.15) is 12.5 Å².